The van der Waals surface area contributed by atoms with Crippen molar-refractivity contribution in [1.82, 2.24) is 9.97 Å². The van der Waals surface area contributed by atoms with E-state index in [9.17, 15) is 15.0 Å². The number of imidazole rings is 1. The number of aromatic nitrogens is 2. The van der Waals surface area contributed by atoms with Crippen LogP contribution >= 0.6 is 11.6 Å². The van der Waals surface area contributed by atoms with E-state index in [0.717, 1.165) is 22.5 Å². The summed E-state index contributed by atoms with van der Waals surface area (Å²) in [6.07, 6.45) is 6.37. The molecule has 1 amide bonds. The van der Waals surface area contributed by atoms with E-state index < -0.39 is 0 Å². The van der Waals surface area contributed by atoms with Gasteiger partial charge in [-0.1, -0.05) is 41.9 Å². The Kier molecular flexibility index (Phi) is 6.24. The third-order valence-electron chi connectivity index (χ3n) is 4.90. The zero-order valence-corrected chi connectivity index (χ0v) is 17.7. The Labute approximate surface area is 190 Å². The lowest BCUT2D eigenvalue weighted by Gasteiger charge is -2.22. The molecule has 0 radical (unpaired) electrons. The third kappa shape index (κ3) is 4.99. The van der Waals surface area contributed by atoms with Gasteiger partial charge >= 0.3 is 0 Å². The van der Waals surface area contributed by atoms with Crippen LogP contribution in [-0.2, 0) is 11.3 Å². The number of rotatable bonds is 6. The average Bonchev–Trinajstić information content (AvgIpc) is 3.33. The SMILES string of the molecule is O=C(/C=C/c1ccc(O)c(O)c1)N(Cc1cccc(Cl)c1)c1ccc(-c2cnc[nH]2)cc1. The maximum absolute atomic E-state index is 13.1. The molecule has 7 heteroatoms. The number of H-pyrrole nitrogens is 1. The van der Waals surface area contributed by atoms with Crippen LogP contribution in [0, 0.1) is 0 Å². The van der Waals surface area contributed by atoms with E-state index in [1.807, 2.05) is 42.5 Å². The second-order valence-corrected chi connectivity index (χ2v) is 7.58. The normalized spacial score (nSPS) is 11.0. The number of hydrogen-bond donors (Lipinski definition) is 3. The molecule has 3 aromatic carbocycles. The highest BCUT2D eigenvalue weighted by Crippen LogP contribution is 2.26. The van der Waals surface area contributed by atoms with Crippen LogP contribution in [0.1, 0.15) is 11.1 Å². The first kappa shape index (κ1) is 21.2. The van der Waals surface area contributed by atoms with Crippen LogP contribution in [-0.4, -0.2) is 26.1 Å². The van der Waals surface area contributed by atoms with Gasteiger partial charge in [0.1, 0.15) is 0 Å². The number of anilines is 1. The Morgan fingerprint density at radius 3 is 2.53 bits per heavy atom. The minimum absolute atomic E-state index is 0.214. The van der Waals surface area contributed by atoms with E-state index in [0.29, 0.717) is 17.1 Å². The second kappa shape index (κ2) is 9.41. The molecule has 0 aliphatic heterocycles. The van der Waals surface area contributed by atoms with Gasteiger partial charge in [-0.05, 0) is 59.2 Å². The second-order valence-electron chi connectivity index (χ2n) is 7.15. The fraction of sp³-hybridized carbons (Fsp3) is 0.0400. The summed E-state index contributed by atoms with van der Waals surface area (Å²) in [5.74, 6) is -0.704. The molecule has 0 atom stereocenters. The van der Waals surface area contributed by atoms with E-state index in [-0.39, 0.29) is 17.4 Å². The predicted molar refractivity (Wildman–Crippen MR) is 125 cm³/mol. The summed E-state index contributed by atoms with van der Waals surface area (Å²) in [5.41, 5.74) is 4.04. The predicted octanol–water partition coefficient (Wildman–Crippen LogP) is 5.39. The number of carbonyl (C=O) groups excluding carboxylic acids is 1. The summed E-state index contributed by atoms with van der Waals surface area (Å²) in [6, 6.07) is 19.3. The van der Waals surface area contributed by atoms with Gasteiger partial charge in [0, 0.05) is 16.8 Å². The number of benzene rings is 3. The van der Waals surface area contributed by atoms with E-state index in [1.165, 1.54) is 18.2 Å². The first-order valence-electron chi connectivity index (χ1n) is 9.84. The number of aromatic hydroxyl groups is 2. The fourth-order valence-electron chi connectivity index (χ4n) is 3.25. The third-order valence-corrected chi connectivity index (χ3v) is 5.14. The highest BCUT2D eigenvalue weighted by Gasteiger charge is 2.15. The molecule has 0 aliphatic carbocycles. The molecule has 4 aromatic rings. The molecule has 4 rings (SSSR count). The topological polar surface area (TPSA) is 89.4 Å². The Hall–Kier alpha value is -4.03. The summed E-state index contributed by atoms with van der Waals surface area (Å²) < 4.78 is 0. The van der Waals surface area contributed by atoms with Crippen LogP contribution in [0.4, 0.5) is 5.69 Å². The van der Waals surface area contributed by atoms with Gasteiger partial charge in [-0.3, -0.25) is 4.79 Å². The molecule has 6 nitrogen and oxygen atoms in total. The summed E-state index contributed by atoms with van der Waals surface area (Å²) in [5, 5.41) is 19.7. The maximum Gasteiger partial charge on any atom is 0.251 e. The number of carbonyl (C=O) groups is 1. The largest absolute Gasteiger partial charge is 0.504 e. The van der Waals surface area contributed by atoms with Crippen molar-refractivity contribution >= 4 is 29.3 Å². The van der Waals surface area contributed by atoms with Crippen LogP contribution in [0.3, 0.4) is 0 Å². The molecule has 0 unspecified atom stereocenters. The van der Waals surface area contributed by atoms with Gasteiger partial charge in [0.15, 0.2) is 11.5 Å². The van der Waals surface area contributed by atoms with Crippen molar-refractivity contribution in [1.29, 1.82) is 0 Å². The first-order chi connectivity index (χ1) is 15.5. The molecule has 0 saturated carbocycles. The molecule has 160 valence electrons. The van der Waals surface area contributed by atoms with E-state index in [4.69, 9.17) is 11.6 Å². The lowest BCUT2D eigenvalue weighted by Crippen LogP contribution is -2.28. The highest BCUT2D eigenvalue weighted by molar-refractivity contribution is 6.30. The molecule has 1 aromatic heterocycles. The number of amides is 1. The van der Waals surface area contributed by atoms with Crippen molar-refractivity contribution in [3.8, 4) is 22.8 Å². The van der Waals surface area contributed by atoms with Crippen LogP contribution in [0.5, 0.6) is 11.5 Å². The smallest absolute Gasteiger partial charge is 0.251 e. The molecule has 0 saturated heterocycles. The fourth-order valence-corrected chi connectivity index (χ4v) is 3.46. The molecule has 0 aliphatic rings. The lowest BCUT2D eigenvalue weighted by molar-refractivity contribution is -0.114. The van der Waals surface area contributed by atoms with Gasteiger partial charge < -0.3 is 20.1 Å². The van der Waals surface area contributed by atoms with Gasteiger partial charge in [0.25, 0.3) is 5.91 Å². The molecule has 0 spiro atoms. The number of phenolic OH excluding ortho intramolecular Hbond substituents is 2. The quantitative estimate of drug-likeness (QED) is 0.274. The van der Waals surface area contributed by atoms with E-state index in [2.05, 4.69) is 9.97 Å². The summed E-state index contributed by atoms with van der Waals surface area (Å²) in [6.45, 7) is 0.327. The molecule has 3 N–H and O–H groups in total. The van der Waals surface area contributed by atoms with Crippen LogP contribution in [0.25, 0.3) is 17.3 Å². The number of aromatic amines is 1. The summed E-state index contributed by atoms with van der Waals surface area (Å²) >= 11 is 6.13. The van der Waals surface area contributed by atoms with Crippen LogP contribution in [0.15, 0.2) is 85.3 Å². The monoisotopic (exact) mass is 445 g/mol. The minimum Gasteiger partial charge on any atom is -0.504 e. The molecular weight excluding hydrogens is 426 g/mol. The number of phenols is 2. The zero-order chi connectivity index (χ0) is 22.5. The van der Waals surface area contributed by atoms with Crippen molar-refractivity contribution in [2.45, 2.75) is 6.54 Å². The highest BCUT2D eigenvalue weighted by atomic mass is 35.5. The first-order valence-corrected chi connectivity index (χ1v) is 10.2. The Bertz CT molecular complexity index is 1250. The van der Waals surface area contributed by atoms with Crippen LogP contribution in [0.2, 0.25) is 5.02 Å². The van der Waals surface area contributed by atoms with E-state index in [1.54, 1.807) is 35.6 Å². The summed E-state index contributed by atoms with van der Waals surface area (Å²) in [4.78, 5) is 21.9. The van der Waals surface area contributed by atoms with Crippen molar-refractivity contribution in [3.05, 3.63) is 101 Å². The number of hydrogen-bond acceptors (Lipinski definition) is 4. The molecule has 32 heavy (non-hydrogen) atoms. The van der Waals surface area contributed by atoms with Crippen molar-refractivity contribution in [2.75, 3.05) is 4.90 Å². The zero-order valence-electron chi connectivity index (χ0n) is 16.9. The standard InChI is InChI=1S/C25H20ClN3O3/c26-20-3-1-2-18(12-20)15-29(21-8-6-19(7-9-21)22-14-27-16-28-22)25(32)11-5-17-4-10-23(30)24(31)13-17/h1-14,16,30-31H,15H2,(H,27,28)/b11-5+. The molecule has 0 bridgehead atoms. The van der Waals surface area contributed by atoms with Gasteiger partial charge in [-0.15, -0.1) is 0 Å². The molecular formula is C25H20ClN3O3. The van der Waals surface area contributed by atoms with Crippen LogP contribution < -0.4 is 4.90 Å². The summed E-state index contributed by atoms with van der Waals surface area (Å²) in [7, 11) is 0. The molecule has 1 heterocycles. The average molecular weight is 446 g/mol. The maximum atomic E-state index is 13.1. The van der Waals surface area contributed by atoms with Gasteiger partial charge in [0.05, 0.1) is 24.8 Å². The van der Waals surface area contributed by atoms with Crippen molar-refractivity contribution < 1.29 is 15.0 Å². The lowest BCUT2D eigenvalue weighted by atomic mass is 10.1. The Morgan fingerprint density at radius 1 is 1.03 bits per heavy atom. The number of nitrogens with one attached hydrogen (secondary N) is 1. The van der Waals surface area contributed by atoms with Gasteiger partial charge in [-0.25, -0.2) is 4.98 Å². The Balaban J connectivity index is 1.62. The molecule has 0 fully saturated rings. The van der Waals surface area contributed by atoms with Gasteiger partial charge in [-0.2, -0.15) is 0 Å². The van der Waals surface area contributed by atoms with E-state index >= 15 is 0 Å². The van der Waals surface area contributed by atoms with Crippen molar-refractivity contribution in [3.63, 3.8) is 0 Å². The van der Waals surface area contributed by atoms with Crippen molar-refractivity contribution in [2.24, 2.45) is 0 Å². The van der Waals surface area contributed by atoms with Gasteiger partial charge in [0.2, 0.25) is 0 Å². The minimum atomic E-state index is -0.246. The number of halogens is 1. The Morgan fingerprint density at radius 2 is 1.84 bits per heavy atom. The number of nitrogens with zero attached hydrogens (tertiary/aromatic N) is 2.